The maximum Gasteiger partial charge on any atom is 0.407 e. The summed E-state index contributed by atoms with van der Waals surface area (Å²) in [5, 5.41) is 3.92. The predicted octanol–water partition coefficient (Wildman–Crippen LogP) is 4.00. The van der Waals surface area contributed by atoms with Crippen LogP contribution in [0.25, 0.3) is 10.9 Å². The molecule has 0 saturated heterocycles. The number of fused-ring (bicyclic) bond motifs is 1. The third-order valence-corrected chi connectivity index (χ3v) is 3.20. The molecule has 1 heterocycles. The van der Waals surface area contributed by atoms with Gasteiger partial charge in [-0.25, -0.2) is 4.79 Å². The number of carbonyl (C=O) groups is 1. The maximum atomic E-state index is 11.5. The van der Waals surface area contributed by atoms with Crippen LogP contribution in [0.1, 0.15) is 26.5 Å². The number of carbonyl (C=O) groups excluding carboxylic acids is 1. The van der Waals surface area contributed by atoms with Crippen molar-refractivity contribution >= 4 is 32.9 Å². The van der Waals surface area contributed by atoms with Crippen LogP contribution in [-0.4, -0.2) is 23.2 Å². The van der Waals surface area contributed by atoms with Gasteiger partial charge < -0.3 is 15.0 Å². The maximum absolute atomic E-state index is 11.5. The van der Waals surface area contributed by atoms with Crippen LogP contribution in [0.15, 0.2) is 28.7 Å². The Balaban J connectivity index is 1.88. The molecule has 0 atom stereocenters. The minimum atomic E-state index is -0.461. The molecule has 0 aliphatic rings. The molecule has 5 heteroatoms. The van der Waals surface area contributed by atoms with Gasteiger partial charge in [0.05, 0.1) is 0 Å². The van der Waals surface area contributed by atoms with E-state index in [1.54, 1.807) is 0 Å². The summed E-state index contributed by atoms with van der Waals surface area (Å²) < 4.78 is 6.23. The molecular formula is C15H19BrN2O2. The van der Waals surface area contributed by atoms with E-state index in [0.717, 1.165) is 22.1 Å². The molecule has 1 aromatic carbocycles. The van der Waals surface area contributed by atoms with Gasteiger partial charge in [0.1, 0.15) is 5.60 Å². The van der Waals surface area contributed by atoms with Crippen LogP contribution < -0.4 is 5.32 Å². The number of nitrogens with one attached hydrogen (secondary N) is 2. The van der Waals surface area contributed by atoms with Crippen LogP contribution in [0.4, 0.5) is 4.79 Å². The van der Waals surface area contributed by atoms with Crippen LogP contribution in [0.3, 0.4) is 0 Å². The number of alkyl carbamates (subject to hydrolysis) is 1. The van der Waals surface area contributed by atoms with Gasteiger partial charge in [-0.2, -0.15) is 0 Å². The van der Waals surface area contributed by atoms with Crippen molar-refractivity contribution in [2.75, 3.05) is 6.54 Å². The van der Waals surface area contributed by atoms with E-state index in [4.69, 9.17) is 4.74 Å². The molecule has 0 fully saturated rings. The topological polar surface area (TPSA) is 54.1 Å². The summed E-state index contributed by atoms with van der Waals surface area (Å²) in [6.45, 7) is 6.09. The summed E-state index contributed by atoms with van der Waals surface area (Å²) >= 11 is 3.45. The van der Waals surface area contributed by atoms with Crippen LogP contribution in [-0.2, 0) is 11.2 Å². The first kappa shape index (κ1) is 14.9. The Kier molecular flexibility index (Phi) is 4.38. The lowest BCUT2D eigenvalue weighted by Gasteiger charge is -2.19. The van der Waals surface area contributed by atoms with Crippen LogP contribution >= 0.6 is 15.9 Å². The molecule has 0 unspecified atom stereocenters. The average molecular weight is 339 g/mol. The molecule has 1 amide bonds. The summed E-state index contributed by atoms with van der Waals surface area (Å²) in [6, 6.07) is 8.21. The summed E-state index contributed by atoms with van der Waals surface area (Å²) in [4.78, 5) is 14.9. The number of aromatic amines is 1. The number of rotatable bonds is 3. The minimum absolute atomic E-state index is 0.378. The Bertz CT molecular complexity index is 614. The molecule has 0 saturated carbocycles. The van der Waals surface area contributed by atoms with E-state index < -0.39 is 5.60 Å². The van der Waals surface area contributed by atoms with E-state index in [1.165, 1.54) is 5.39 Å². The Labute approximate surface area is 127 Å². The number of hydrogen-bond acceptors (Lipinski definition) is 2. The van der Waals surface area contributed by atoms with E-state index in [2.05, 4.69) is 38.4 Å². The Morgan fingerprint density at radius 2 is 2.10 bits per heavy atom. The molecule has 20 heavy (non-hydrogen) atoms. The molecule has 2 N–H and O–H groups in total. The number of benzene rings is 1. The molecule has 0 bridgehead atoms. The molecular weight excluding hydrogens is 320 g/mol. The largest absolute Gasteiger partial charge is 0.444 e. The molecule has 4 nitrogen and oxygen atoms in total. The van der Waals surface area contributed by atoms with Crippen molar-refractivity contribution in [2.24, 2.45) is 0 Å². The van der Waals surface area contributed by atoms with Gasteiger partial charge >= 0.3 is 6.09 Å². The second-order valence-corrected chi connectivity index (χ2v) is 6.62. The highest BCUT2D eigenvalue weighted by atomic mass is 79.9. The molecule has 2 aromatic rings. The average Bonchev–Trinajstić information content (AvgIpc) is 2.68. The van der Waals surface area contributed by atoms with Gasteiger partial charge in [-0.05, 0) is 44.4 Å². The molecule has 0 radical (unpaired) electrons. The fourth-order valence-electron chi connectivity index (χ4n) is 1.91. The van der Waals surface area contributed by atoms with E-state index in [9.17, 15) is 4.79 Å². The summed E-state index contributed by atoms with van der Waals surface area (Å²) in [5.74, 6) is 0. The first-order chi connectivity index (χ1) is 9.33. The normalized spacial score (nSPS) is 11.6. The first-order valence-electron chi connectivity index (χ1n) is 6.57. The number of aromatic nitrogens is 1. The van der Waals surface area contributed by atoms with Crippen molar-refractivity contribution in [1.29, 1.82) is 0 Å². The van der Waals surface area contributed by atoms with Gasteiger partial charge in [0, 0.05) is 28.6 Å². The fraction of sp³-hybridized carbons (Fsp3) is 0.400. The van der Waals surface area contributed by atoms with Gasteiger partial charge in [0.15, 0.2) is 0 Å². The van der Waals surface area contributed by atoms with Gasteiger partial charge in [0.2, 0.25) is 0 Å². The summed E-state index contributed by atoms with van der Waals surface area (Å²) in [7, 11) is 0. The highest BCUT2D eigenvalue weighted by Crippen LogP contribution is 2.20. The van der Waals surface area contributed by atoms with E-state index in [0.29, 0.717) is 6.54 Å². The number of hydrogen-bond donors (Lipinski definition) is 2. The molecule has 0 aliphatic carbocycles. The number of amides is 1. The molecule has 2 rings (SSSR count). The SMILES string of the molecule is CC(C)(C)OC(=O)NCCc1cc2ccc(Br)cc2[nH]1. The van der Waals surface area contributed by atoms with E-state index in [1.807, 2.05) is 32.9 Å². The molecule has 1 aromatic heterocycles. The summed E-state index contributed by atoms with van der Waals surface area (Å²) in [5.41, 5.74) is 1.72. The standard InChI is InChI=1S/C15H19BrN2O2/c1-15(2,3)20-14(19)17-7-6-12-8-10-4-5-11(16)9-13(10)18-12/h4-5,8-9,18H,6-7H2,1-3H3,(H,17,19). The van der Waals surface area contributed by atoms with Crippen molar-refractivity contribution in [3.05, 3.63) is 34.4 Å². The smallest absolute Gasteiger partial charge is 0.407 e. The zero-order valence-electron chi connectivity index (χ0n) is 11.9. The second-order valence-electron chi connectivity index (χ2n) is 5.70. The third-order valence-electron chi connectivity index (χ3n) is 2.70. The zero-order chi connectivity index (χ0) is 14.8. The zero-order valence-corrected chi connectivity index (χ0v) is 13.5. The van der Waals surface area contributed by atoms with Gasteiger partial charge in [-0.15, -0.1) is 0 Å². The molecule has 0 aliphatic heterocycles. The fourth-order valence-corrected chi connectivity index (χ4v) is 2.27. The minimum Gasteiger partial charge on any atom is -0.444 e. The first-order valence-corrected chi connectivity index (χ1v) is 7.37. The van der Waals surface area contributed by atoms with E-state index >= 15 is 0 Å². The second kappa shape index (κ2) is 5.87. The van der Waals surface area contributed by atoms with Crippen LogP contribution in [0.2, 0.25) is 0 Å². The highest BCUT2D eigenvalue weighted by molar-refractivity contribution is 9.10. The molecule has 0 spiro atoms. The highest BCUT2D eigenvalue weighted by Gasteiger charge is 2.15. The van der Waals surface area contributed by atoms with E-state index in [-0.39, 0.29) is 6.09 Å². The predicted molar refractivity (Wildman–Crippen MR) is 83.9 cm³/mol. The van der Waals surface area contributed by atoms with Gasteiger partial charge in [-0.3, -0.25) is 0 Å². The van der Waals surface area contributed by atoms with Crippen molar-refractivity contribution in [3.63, 3.8) is 0 Å². The number of ether oxygens (including phenoxy) is 1. The lowest BCUT2D eigenvalue weighted by atomic mass is 10.2. The molecule has 108 valence electrons. The van der Waals surface area contributed by atoms with Crippen molar-refractivity contribution in [3.8, 4) is 0 Å². The quantitative estimate of drug-likeness (QED) is 0.888. The van der Waals surface area contributed by atoms with Crippen molar-refractivity contribution < 1.29 is 9.53 Å². The summed E-state index contributed by atoms with van der Waals surface area (Å²) in [6.07, 6.45) is 0.363. The Hall–Kier alpha value is -1.49. The Morgan fingerprint density at radius 1 is 1.35 bits per heavy atom. The van der Waals surface area contributed by atoms with Gasteiger partial charge in [-0.1, -0.05) is 22.0 Å². The van der Waals surface area contributed by atoms with Crippen LogP contribution in [0, 0.1) is 0 Å². The number of halogens is 1. The third kappa shape index (κ3) is 4.27. The number of H-pyrrole nitrogens is 1. The monoisotopic (exact) mass is 338 g/mol. The van der Waals surface area contributed by atoms with Crippen LogP contribution in [0.5, 0.6) is 0 Å². The lowest BCUT2D eigenvalue weighted by molar-refractivity contribution is 0.0528. The lowest BCUT2D eigenvalue weighted by Crippen LogP contribution is -2.33. The Morgan fingerprint density at radius 3 is 2.80 bits per heavy atom. The van der Waals surface area contributed by atoms with Gasteiger partial charge in [0.25, 0.3) is 0 Å². The van der Waals surface area contributed by atoms with Crippen molar-refractivity contribution in [1.82, 2.24) is 10.3 Å². The van der Waals surface area contributed by atoms with Crippen molar-refractivity contribution in [2.45, 2.75) is 32.8 Å².